The van der Waals surface area contributed by atoms with Crippen molar-refractivity contribution in [3.8, 4) is 5.69 Å². The Bertz CT molecular complexity index is 1080. The molecule has 0 aliphatic carbocycles. The van der Waals surface area contributed by atoms with Crippen molar-refractivity contribution in [1.29, 1.82) is 0 Å². The molecule has 2 fully saturated rings. The molecule has 2 aromatic rings. The van der Waals surface area contributed by atoms with E-state index in [1.165, 1.54) is 4.57 Å². The summed E-state index contributed by atoms with van der Waals surface area (Å²) in [7, 11) is 0. The summed E-state index contributed by atoms with van der Waals surface area (Å²) in [5.74, 6) is 0.160. The minimum atomic E-state index is -0.627. The van der Waals surface area contributed by atoms with Crippen molar-refractivity contribution in [2.24, 2.45) is 11.5 Å². The topological polar surface area (TPSA) is 152 Å². The number of rotatable bonds is 5. The number of aromatic nitrogens is 2. The molecule has 0 radical (unpaired) electrons. The van der Waals surface area contributed by atoms with Gasteiger partial charge in [0.15, 0.2) is 0 Å². The minimum Gasteiger partial charge on any atom is -0.341 e. The lowest BCUT2D eigenvalue weighted by atomic mass is 10.0. The largest absolute Gasteiger partial charge is 0.354 e. The van der Waals surface area contributed by atoms with Crippen LogP contribution in [-0.4, -0.2) is 82.6 Å². The molecule has 0 spiro atoms. The molecule has 0 saturated carbocycles. The molecule has 4 rings (SSSR count). The highest BCUT2D eigenvalue weighted by Crippen LogP contribution is 2.14. The van der Waals surface area contributed by atoms with Crippen LogP contribution in [0.4, 0.5) is 10.6 Å². The van der Waals surface area contributed by atoms with Crippen LogP contribution in [0.25, 0.3) is 5.69 Å². The lowest BCUT2D eigenvalue weighted by Gasteiger charge is -2.27. The van der Waals surface area contributed by atoms with Gasteiger partial charge in [0.05, 0.1) is 11.7 Å². The second kappa shape index (κ2) is 11.4. The molecular weight excluding hydrogens is 448 g/mol. The Balaban J connectivity index is 1.36. The molecular formula is C24H34N8O3. The standard InChI is InChI=1S/C24H34N8O3/c25-18-2-1-11-30(12-7-18)22(33)20(26)16-17-3-5-19(6-4-17)32-13-8-21(29-24(32)35)28-23(34)31-14-9-27-10-15-31/h3-6,8,13,18,20,27H,1-2,7,9-12,14-16,25-26H2,(H,28,29,34,35)/t18?,20-/m0/s1. The summed E-state index contributed by atoms with van der Waals surface area (Å²) in [4.78, 5) is 45.2. The van der Waals surface area contributed by atoms with Crippen molar-refractivity contribution in [3.05, 3.63) is 52.6 Å². The summed E-state index contributed by atoms with van der Waals surface area (Å²) in [5, 5.41) is 5.87. The van der Waals surface area contributed by atoms with Crippen LogP contribution >= 0.6 is 0 Å². The van der Waals surface area contributed by atoms with E-state index in [-0.39, 0.29) is 23.8 Å². The van der Waals surface area contributed by atoms with Gasteiger partial charge in [-0.3, -0.25) is 14.7 Å². The van der Waals surface area contributed by atoms with Gasteiger partial charge in [-0.15, -0.1) is 0 Å². The number of anilines is 1. The van der Waals surface area contributed by atoms with Crippen molar-refractivity contribution >= 4 is 17.8 Å². The Hall–Kier alpha value is -3.28. The molecule has 2 aliphatic rings. The zero-order chi connectivity index (χ0) is 24.8. The van der Waals surface area contributed by atoms with Crippen LogP contribution in [0.15, 0.2) is 41.3 Å². The predicted molar refractivity (Wildman–Crippen MR) is 133 cm³/mol. The summed E-state index contributed by atoms with van der Waals surface area (Å²) in [6, 6.07) is 8.14. The van der Waals surface area contributed by atoms with Gasteiger partial charge in [0.1, 0.15) is 5.82 Å². The molecule has 2 aliphatic heterocycles. The Labute approximate surface area is 204 Å². The van der Waals surface area contributed by atoms with Gasteiger partial charge in [-0.2, -0.15) is 4.98 Å². The normalized spacial score (nSPS) is 19.7. The summed E-state index contributed by atoms with van der Waals surface area (Å²) in [5.41, 5.74) is 13.3. The Morgan fingerprint density at radius 2 is 1.80 bits per heavy atom. The van der Waals surface area contributed by atoms with Crippen LogP contribution < -0.4 is 27.8 Å². The molecule has 6 N–H and O–H groups in total. The second-order valence-electron chi connectivity index (χ2n) is 9.13. The molecule has 2 atom stereocenters. The molecule has 0 bridgehead atoms. The number of carbonyl (C=O) groups excluding carboxylic acids is 2. The number of nitrogens with one attached hydrogen (secondary N) is 2. The molecule has 188 valence electrons. The molecule has 3 amide bonds. The highest BCUT2D eigenvalue weighted by atomic mass is 16.2. The highest BCUT2D eigenvalue weighted by molar-refractivity contribution is 5.88. The fourth-order valence-electron chi connectivity index (χ4n) is 4.44. The number of nitrogens with zero attached hydrogens (tertiary/aromatic N) is 4. The first-order valence-corrected chi connectivity index (χ1v) is 12.2. The number of piperazine rings is 1. The number of benzene rings is 1. The third kappa shape index (κ3) is 6.44. The van der Waals surface area contributed by atoms with E-state index in [1.807, 2.05) is 17.0 Å². The zero-order valence-corrected chi connectivity index (χ0v) is 19.9. The highest BCUT2D eigenvalue weighted by Gasteiger charge is 2.24. The maximum Gasteiger partial charge on any atom is 0.354 e. The second-order valence-corrected chi connectivity index (χ2v) is 9.13. The third-order valence-electron chi connectivity index (χ3n) is 6.51. The number of hydrogen-bond donors (Lipinski definition) is 4. The van der Waals surface area contributed by atoms with E-state index >= 15 is 0 Å². The van der Waals surface area contributed by atoms with Gasteiger partial charge in [0, 0.05) is 51.5 Å². The first-order valence-electron chi connectivity index (χ1n) is 12.2. The predicted octanol–water partition coefficient (Wildman–Crippen LogP) is -0.121. The minimum absolute atomic E-state index is 0.0537. The summed E-state index contributed by atoms with van der Waals surface area (Å²) in [6.45, 7) is 4.04. The quantitative estimate of drug-likeness (QED) is 0.464. The number of amides is 3. The summed E-state index contributed by atoms with van der Waals surface area (Å²) >= 11 is 0. The molecule has 11 nitrogen and oxygen atoms in total. The summed E-state index contributed by atoms with van der Waals surface area (Å²) in [6.07, 6.45) is 4.62. The van der Waals surface area contributed by atoms with Crippen molar-refractivity contribution in [1.82, 2.24) is 24.7 Å². The molecule has 2 saturated heterocycles. The third-order valence-corrected chi connectivity index (χ3v) is 6.51. The van der Waals surface area contributed by atoms with Gasteiger partial charge in [-0.05, 0) is 49.4 Å². The molecule has 1 aromatic heterocycles. The average molecular weight is 483 g/mol. The van der Waals surface area contributed by atoms with Crippen LogP contribution in [0.5, 0.6) is 0 Å². The SMILES string of the molecule is NC1CCCN(C(=O)[C@@H](N)Cc2ccc(-n3ccc(NC(=O)N4CCNCC4)nc3=O)cc2)CC1. The molecule has 1 unspecified atom stereocenters. The lowest BCUT2D eigenvalue weighted by Crippen LogP contribution is -2.48. The number of hydrogen-bond acceptors (Lipinski definition) is 7. The van der Waals surface area contributed by atoms with Crippen LogP contribution in [-0.2, 0) is 11.2 Å². The van der Waals surface area contributed by atoms with E-state index in [0.717, 1.165) is 37.9 Å². The van der Waals surface area contributed by atoms with E-state index < -0.39 is 11.7 Å². The number of nitrogens with two attached hydrogens (primary N) is 2. The average Bonchev–Trinajstić information content (AvgIpc) is 3.09. The lowest BCUT2D eigenvalue weighted by molar-refractivity contribution is -0.132. The van der Waals surface area contributed by atoms with E-state index in [2.05, 4.69) is 15.6 Å². The van der Waals surface area contributed by atoms with Gasteiger partial charge in [-0.1, -0.05) is 12.1 Å². The van der Waals surface area contributed by atoms with Crippen molar-refractivity contribution in [3.63, 3.8) is 0 Å². The van der Waals surface area contributed by atoms with Gasteiger partial charge in [0.2, 0.25) is 5.91 Å². The van der Waals surface area contributed by atoms with E-state index in [1.54, 1.807) is 29.3 Å². The number of carbonyl (C=O) groups is 2. The monoisotopic (exact) mass is 482 g/mol. The fraction of sp³-hybridized carbons (Fsp3) is 0.500. The number of likely N-dealkylation sites (tertiary alicyclic amines) is 1. The van der Waals surface area contributed by atoms with Crippen molar-refractivity contribution in [2.75, 3.05) is 44.6 Å². The summed E-state index contributed by atoms with van der Waals surface area (Å²) < 4.78 is 1.40. The zero-order valence-electron chi connectivity index (χ0n) is 19.9. The van der Waals surface area contributed by atoms with Gasteiger partial charge >= 0.3 is 11.7 Å². The van der Waals surface area contributed by atoms with Crippen LogP contribution in [0.1, 0.15) is 24.8 Å². The van der Waals surface area contributed by atoms with Crippen LogP contribution in [0.2, 0.25) is 0 Å². The Morgan fingerprint density at radius 1 is 1.06 bits per heavy atom. The van der Waals surface area contributed by atoms with E-state index in [0.29, 0.717) is 38.3 Å². The fourth-order valence-corrected chi connectivity index (χ4v) is 4.44. The molecule has 1 aromatic carbocycles. The maximum absolute atomic E-state index is 12.8. The smallest absolute Gasteiger partial charge is 0.341 e. The Kier molecular flexibility index (Phi) is 8.11. The van der Waals surface area contributed by atoms with Crippen molar-refractivity contribution in [2.45, 2.75) is 37.8 Å². The van der Waals surface area contributed by atoms with Gasteiger partial charge < -0.3 is 26.6 Å². The van der Waals surface area contributed by atoms with Crippen molar-refractivity contribution < 1.29 is 9.59 Å². The van der Waals surface area contributed by atoms with E-state index in [4.69, 9.17) is 11.5 Å². The first kappa shape index (κ1) is 24.8. The first-order chi connectivity index (χ1) is 16.9. The number of urea groups is 1. The maximum atomic E-state index is 12.8. The van der Waals surface area contributed by atoms with E-state index in [9.17, 15) is 14.4 Å². The molecule has 35 heavy (non-hydrogen) atoms. The molecule has 11 heteroatoms. The van der Waals surface area contributed by atoms with Gasteiger partial charge in [0.25, 0.3) is 0 Å². The van der Waals surface area contributed by atoms with Crippen LogP contribution in [0, 0.1) is 0 Å². The van der Waals surface area contributed by atoms with Gasteiger partial charge in [-0.25, -0.2) is 9.59 Å². The molecule has 3 heterocycles. The Morgan fingerprint density at radius 3 is 2.51 bits per heavy atom. The van der Waals surface area contributed by atoms with Crippen LogP contribution in [0.3, 0.4) is 0 Å².